The van der Waals surface area contributed by atoms with Crippen LogP contribution in [0.4, 0.5) is 0 Å². The quantitative estimate of drug-likeness (QED) is 0.841. The highest BCUT2D eigenvalue weighted by atomic mass is 35.5. The summed E-state index contributed by atoms with van der Waals surface area (Å²) < 4.78 is 0. The number of nitrogens with zero attached hydrogens (tertiary/aromatic N) is 1. The van der Waals surface area contributed by atoms with Gasteiger partial charge in [0.1, 0.15) is 6.04 Å². The average molecular weight is 373 g/mol. The van der Waals surface area contributed by atoms with Crippen molar-refractivity contribution in [2.75, 3.05) is 7.05 Å². The summed E-state index contributed by atoms with van der Waals surface area (Å²) >= 11 is 5.94. The predicted octanol–water partition coefficient (Wildman–Crippen LogP) is 3.66. The lowest BCUT2D eigenvalue weighted by Crippen LogP contribution is -2.47. The molecule has 0 saturated heterocycles. The molecule has 0 heterocycles. The van der Waals surface area contributed by atoms with Gasteiger partial charge >= 0.3 is 0 Å². The predicted molar refractivity (Wildman–Crippen MR) is 105 cm³/mol. The average Bonchev–Trinajstić information content (AvgIpc) is 2.62. The first-order chi connectivity index (χ1) is 12.3. The molecule has 26 heavy (non-hydrogen) atoms. The van der Waals surface area contributed by atoms with Gasteiger partial charge in [0.2, 0.25) is 11.8 Å². The molecule has 2 rings (SSSR count). The van der Waals surface area contributed by atoms with E-state index < -0.39 is 6.04 Å². The zero-order chi connectivity index (χ0) is 19.3. The second-order valence-corrected chi connectivity index (χ2v) is 6.98. The summed E-state index contributed by atoms with van der Waals surface area (Å²) in [4.78, 5) is 26.8. The van der Waals surface area contributed by atoms with Crippen LogP contribution in [-0.4, -0.2) is 29.8 Å². The third kappa shape index (κ3) is 5.09. The molecule has 0 fully saturated rings. The molecule has 0 radical (unpaired) electrons. The van der Waals surface area contributed by atoms with E-state index in [1.165, 1.54) is 0 Å². The third-order valence-corrected chi connectivity index (χ3v) is 4.78. The Hall–Kier alpha value is -2.33. The van der Waals surface area contributed by atoms with Gasteiger partial charge < -0.3 is 10.2 Å². The van der Waals surface area contributed by atoms with Crippen LogP contribution in [0, 0.1) is 13.8 Å². The van der Waals surface area contributed by atoms with E-state index in [0.717, 1.165) is 22.3 Å². The standard InChI is InChI=1S/C21H25ClN2O2/c1-14-5-6-15(2)18(11-14)12-20(25)24(16(3)21(26)23-4)13-17-7-9-19(22)10-8-17/h5-11,16H,12-13H2,1-4H3,(H,23,26). The van der Waals surface area contributed by atoms with Crippen molar-refractivity contribution in [1.82, 2.24) is 10.2 Å². The molecule has 138 valence electrons. The summed E-state index contributed by atoms with van der Waals surface area (Å²) in [6.07, 6.45) is 0.266. The van der Waals surface area contributed by atoms with Gasteiger partial charge in [0.25, 0.3) is 0 Å². The maximum Gasteiger partial charge on any atom is 0.242 e. The molecule has 1 atom stereocenters. The van der Waals surface area contributed by atoms with Gasteiger partial charge in [0, 0.05) is 18.6 Å². The molecule has 2 aromatic carbocycles. The van der Waals surface area contributed by atoms with Crippen molar-refractivity contribution >= 4 is 23.4 Å². The SMILES string of the molecule is CNC(=O)C(C)N(Cc1ccc(Cl)cc1)C(=O)Cc1cc(C)ccc1C. The first-order valence-electron chi connectivity index (χ1n) is 8.63. The van der Waals surface area contributed by atoms with E-state index in [0.29, 0.717) is 11.6 Å². The Morgan fingerprint density at radius 2 is 1.77 bits per heavy atom. The van der Waals surface area contributed by atoms with E-state index in [1.54, 1.807) is 31.0 Å². The van der Waals surface area contributed by atoms with Crippen molar-refractivity contribution < 1.29 is 9.59 Å². The Bertz CT molecular complexity index is 787. The normalized spacial score (nSPS) is 11.7. The summed E-state index contributed by atoms with van der Waals surface area (Å²) in [5.41, 5.74) is 4.10. The first kappa shape index (κ1) is 20.0. The molecule has 2 amide bonds. The maximum absolute atomic E-state index is 13.0. The minimum absolute atomic E-state index is 0.0789. The number of benzene rings is 2. The second-order valence-electron chi connectivity index (χ2n) is 6.55. The Morgan fingerprint density at radius 3 is 2.38 bits per heavy atom. The maximum atomic E-state index is 13.0. The lowest BCUT2D eigenvalue weighted by atomic mass is 10.0. The van der Waals surface area contributed by atoms with Crippen LogP contribution in [0.1, 0.15) is 29.2 Å². The van der Waals surface area contributed by atoms with Gasteiger partial charge in [0.05, 0.1) is 6.42 Å². The van der Waals surface area contributed by atoms with E-state index in [9.17, 15) is 9.59 Å². The summed E-state index contributed by atoms with van der Waals surface area (Å²) in [5.74, 6) is -0.266. The zero-order valence-electron chi connectivity index (χ0n) is 15.7. The number of amides is 2. The molecular weight excluding hydrogens is 348 g/mol. The van der Waals surface area contributed by atoms with E-state index in [1.807, 2.05) is 44.2 Å². The van der Waals surface area contributed by atoms with E-state index >= 15 is 0 Å². The number of halogens is 1. The van der Waals surface area contributed by atoms with Crippen LogP contribution in [-0.2, 0) is 22.6 Å². The monoisotopic (exact) mass is 372 g/mol. The smallest absolute Gasteiger partial charge is 0.242 e. The third-order valence-electron chi connectivity index (χ3n) is 4.53. The molecule has 4 nitrogen and oxygen atoms in total. The minimum atomic E-state index is -0.562. The summed E-state index contributed by atoms with van der Waals surface area (Å²) in [5, 5.41) is 3.27. The number of carbonyl (C=O) groups excluding carboxylic acids is 2. The number of hydrogen-bond acceptors (Lipinski definition) is 2. The fourth-order valence-electron chi connectivity index (χ4n) is 2.83. The van der Waals surface area contributed by atoms with Crippen molar-refractivity contribution in [2.45, 2.75) is 39.8 Å². The highest BCUT2D eigenvalue weighted by Crippen LogP contribution is 2.17. The number of nitrogens with one attached hydrogen (secondary N) is 1. The lowest BCUT2D eigenvalue weighted by molar-refractivity contribution is -0.139. The zero-order valence-corrected chi connectivity index (χ0v) is 16.4. The number of carbonyl (C=O) groups is 2. The summed E-state index contributed by atoms with van der Waals surface area (Å²) in [6, 6.07) is 12.8. The molecule has 1 N–H and O–H groups in total. The van der Waals surface area contributed by atoms with Crippen LogP contribution >= 0.6 is 11.6 Å². The molecule has 0 bridgehead atoms. The number of rotatable bonds is 6. The van der Waals surface area contributed by atoms with Crippen LogP contribution in [0.2, 0.25) is 5.02 Å². The number of aryl methyl sites for hydroxylation is 2. The van der Waals surface area contributed by atoms with Gasteiger partial charge in [-0.3, -0.25) is 9.59 Å². The van der Waals surface area contributed by atoms with Crippen molar-refractivity contribution in [3.8, 4) is 0 Å². The Labute approximate surface area is 160 Å². The highest BCUT2D eigenvalue weighted by molar-refractivity contribution is 6.30. The van der Waals surface area contributed by atoms with Gasteiger partial charge in [-0.2, -0.15) is 0 Å². The number of hydrogen-bond donors (Lipinski definition) is 1. The number of likely N-dealkylation sites (N-methyl/N-ethyl adjacent to an activating group) is 1. The van der Waals surface area contributed by atoms with Crippen LogP contribution in [0.5, 0.6) is 0 Å². The molecule has 0 aliphatic rings. The van der Waals surface area contributed by atoms with Crippen molar-refractivity contribution in [1.29, 1.82) is 0 Å². The lowest BCUT2D eigenvalue weighted by Gasteiger charge is -2.28. The van der Waals surface area contributed by atoms with Crippen molar-refractivity contribution in [3.05, 3.63) is 69.7 Å². The Kier molecular flexibility index (Phi) is 6.81. The molecule has 0 spiro atoms. The topological polar surface area (TPSA) is 49.4 Å². The summed E-state index contributed by atoms with van der Waals surface area (Å²) in [6.45, 7) is 6.10. The largest absolute Gasteiger partial charge is 0.357 e. The molecule has 2 aromatic rings. The fourth-order valence-corrected chi connectivity index (χ4v) is 2.96. The molecular formula is C21H25ClN2O2. The van der Waals surface area contributed by atoms with Crippen molar-refractivity contribution in [3.63, 3.8) is 0 Å². The molecule has 0 saturated carbocycles. The summed E-state index contributed by atoms with van der Waals surface area (Å²) in [7, 11) is 1.58. The molecule has 1 unspecified atom stereocenters. The van der Waals surface area contributed by atoms with Crippen LogP contribution < -0.4 is 5.32 Å². The van der Waals surface area contributed by atoms with Gasteiger partial charge in [-0.25, -0.2) is 0 Å². The Morgan fingerprint density at radius 1 is 1.12 bits per heavy atom. The van der Waals surface area contributed by atoms with Gasteiger partial charge in [-0.05, 0) is 49.6 Å². The fraction of sp³-hybridized carbons (Fsp3) is 0.333. The Balaban J connectivity index is 2.26. The molecule has 0 aliphatic carbocycles. The van der Waals surface area contributed by atoms with E-state index in [4.69, 9.17) is 11.6 Å². The van der Waals surface area contributed by atoms with Crippen LogP contribution in [0.3, 0.4) is 0 Å². The van der Waals surface area contributed by atoms with E-state index in [2.05, 4.69) is 5.32 Å². The minimum Gasteiger partial charge on any atom is -0.357 e. The molecule has 0 aliphatic heterocycles. The second kappa shape index (κ2) is 8.86. The first-order valence-corrected chi connectivity index (χ1v) is 9.01. The van der Waals surface area contributed by atoms with Crippen molar-refractivity contribution in [2.24, 2.45) is 0 Å². The van der Waals surface area contributed by atoms with Gasteiger partial charge in [-0.15, -0.1) is 0 Å². The van der Waals surface area contributed by atoms with Gasteiger partial charge in [0.15, 0.2) is 0 Å². The van der Waals surface area contributed by atoms with Crippen LogP contribution in [0.15, 0.2) is 42.5 Å². The van der Waals surface area contributed by atoms with E-state index in [-0.39, 0.29) is 18.2 Å². The molecule has 0 aromatic heterocycles. The highest BCUT2D eigenvalue weighted by Gasteiger charge is 2.25. The van der Waals surface area contributed by atoms with Gasteiger partial charge in [-0.1, -0.05) is 47.5 Å². The molecule has 5 heteroatoms. The van der Waals surface area contributed by atoms with Crippen LogP contribution in [0.25, 0.3) is 0 Å².